The Balaban J connectivity index is 2.12. The molecule has 1 saturated carbocycles. The Bertz CT molecular complexity index is 284. The van der Waals surface area contributed by atoms with Crippen molar-refractivity contribution in [3.63, 3.8) is 0 Å². The van der Waals surface area contributed by atoms with Crippen LogP contribution in [0.3, 0.4) is 0 Å². The molecule has 0 aliphatic heterocycles. The summed E-state index contributed by atoms with van der Waals surface area (Å²) in [5.74, 6) is 0.208. The van der Waals surface area contributed by atoms with Gasteiger partial charge in [0.2, 0.25) is 0 Å². The zero-order chi connectivity index (χ0) is 9.97. The first-order chi connectivity index (χ1) is 6.77. The number of aliphatic hydroxyl groups is 2. The van der Waals surface area contributed by atoms with E-state index < -0.39 is 0 Å². The van der Waals surface area contributed by atoms with E-state index in [-0.39, 0.29) is 18.1 Å². The molecule has 14 heavy (non-hydrogen) atoms. The van der Waals surface area contributed by atoms with Gasteiger partial charge >= 0.3 is 0 Å². The lowest BCUT2D eigenvalue weighted by Crippen LogP contribution is -2.30. The highest BCUT2D eigenvalue weighted by molar-refractivity contribution is 5.21. The summed E-state index contributed by atoms with van der Waals surface area (Å²) in [7, 11) is 0. The molecule has 0 spiro atoms. The molecule has 0 bridgehead atoms. The van der Waals surface area contributed by atoms with Gasteiger partial charge in [0.1, 0.15) is 0 Å². The van der Waals surface area contributed by atoms with E-state index in [1.165, 1.54) is 5.56 Å². The van der Waals surface area contributed by atoms with Crippen molar-refractivity contribution in [3.8, 4) is 0 Å². The third-order valence-electron chi connectivity index (χ3n) is 3.02. The van der Waals surface area contributed by atoms with Crippen LogP contribution in [-0.4, -0.2) is 22.4 Å². The van der Waals surface area contributed by atoms with Crippen molar-refractivity contribution in [2.75, 3.05) is 0 Å². The first kappa shape index (κ1) is 9.69. The number of hydrogen-bond acceptors (Lipinski definition) is 2. The van der Waals surface area contributed by atoms with Gasteiger partial charge in [0.25, 0.3) is 0 Å². The van der Waals surface area contributed by atoms with Gasteiger partial charge in [-0.2, -0.15) is 0 Å². The van der Waals surface area contributed by atoms with Crippen molar-refractivity contribution in [3.05, 3.63) is 35.9 Å². The standard InChI is InChI=1S/C12H16O2/c13-10-6-7-11(12(14)8-10)9-4-2-1-3-5-9/h1-5,10-14H,6-8H2/t10-,11+,12-/m0/s1. The van der Waals surface area contributed by atoms with Gasteiger partial charge in [0, 0.05) is 5.92 Å². The fraction of sp³-hybridized carbons (Fsp3) is 0.500. The number of rotatable bonds is 1. The van der Waals surface area contributed by atoms with Crippen LogP contribution in [-0.2, 0) is 0 Å². The topological polar surface area (TPSA) is 40.5 Å². The Morgan fingerprint density at radius 3 is 2.36 bits per heavy atom. The Labute approximate surface area is 84.2 Å². The minimum absolute atomic E-state index is 0.208. The molecule has 0 radical (unpaired) electrons. The second kappa shape index (κ2) is 4.11. The minimum atomic E-state index is -0.388. The Hall–Kier alpha value is -0.860. The molecule has 1 aromatic carbocycles. The Morgan fingerprint density at radius 1 is 1.00 bits per heavy atom. The number of hydrogen-bond donors (Lipinski definition) is 2. The molecule has 1 aliphatic rings. The first-order valence-electron chi connectivity index (χ1n) is 5.18. The van der Waals surface area contributed by atoms with E-state index in [4.69, 9.17) is 0 Å². The molecule has 1 aliphatic carbocycles. The molecule has 3 atom stereocenters. The second-order valence-electron chi connectivity index (χ2n) is 4.05. The van der Waals surface area contributed by atoms with Gasteiger partial charge in [-0.15, -0.1) is 0 Å². The zero-order valence-electron chi connectivity index (χ0n) is 8.13. The largest absolute Gasteiger partial charge is 0.393 e. The summed E-state index contributed by atoms with van der Waals surface area (Å²) in [5, 5.41) is 19.2. The highest BCUT2D eigenvalue weighted by Gasteiger charge is 2.28. The molecule has 0 unspecified atom stereocenters. The lowest BCUT2D eigenvalue weighted by molar-refractivity contribution is 0.0254. The van der Waals surface area contributed by atoms with Crippen LogP contribution in [0, 0.1) is 0 Å². The average molecular weight is 192 g/mol. The molecule has 2 N–H and O–H groups in total. The number of aliphatic hydroxyl groups excluding tert-OH is 2. The predicted molar refractivity (Wildman–Crippen MR) is 55.0 cm³/mol. The highest BCUT2D eigenvalue weighted by atomic mass is 16.3. The Morgan fingerprint density at radius 2 is 1.71 bits per heavy atom. The van der Waals surface area contributed by atoms with Crippen LogP contribution >= 0.6 is 0 Å². The Kier molecular flexibility index (Phi) is 2.85. The van der Waals surface area contributed by atoms with Gasteiger partial charge in [-0.05, 0) is 24.8 Å². The maximum Gasteiger partial charge on any atom is 0.0633 e. The summed E-state index contributed by atoms with van der Waals surface area (Å²) in [5.41, 5.74) is 1.19. The van der Waals surface area contributed by atoms with Crippen molar-refractivity contribution in [1.29, 1.82) is 0 Å². The zero-order valence-corrected chi connectivity index (χ0v) is 8.13. The molecule has 0 saturated heterocycles. The van der Waals surface area contributed by atoms with Gasteiger partial charge < -0.3 is 10.2 Å². The molecule has 1 fully saturated rings. The molecule has 2 heteroatoms. The fourth-order valence-corrected chi connectivity index (χ4v) is 2.21. The molecule has 2 nitrogen and oxygen atoms in total. The van der Waals surface area contributed by atoms with Crippen LogP contribution in [0.15, 0.2) is 30.3 Å². The smallest absolute Gasteiger partial charge is 0.0633 e. The molecule has 76 valence electrons. The van der Waals surface area contributed by atoms with E-state index in [0.717, 1.165) is 12.8 Å². The van der Waals surface area contributed by atoms with Gasteiger partial charge in [0.05, 0.1) is 12.2 Å². The lowest BCUT2D eigenvalue weighted by Gasteiger charge is -2.30. The van der Waals surface area contributed by atoms with Crippen LogP contribution in [0.1, 0.15) is 30.7 Å². The van der Waals surface area contributed by atoms with Gasteiger partial charge in [-0.1, -0.05) is 30.3 Å². The van der Waals surface area contributed by atoms with Crippen LogP contribution < -0.4 is 0 Å². The number of benzene rings is 1. The summed E-state index contributed by atoms with van der Waals surface area (Å²) in [6, 6.07) is 10.1. The maximum absolute atomic E-state index is 9.83. The molecule has 1 aromatic rings. The summed E-state index contributed by atoms with van der Waals surface area (Å²) in [4.78, 5) is 0. The molecule has 0 amide bonds. The second-order valence-corrected chi connectivity index (χ2v) is 4.05. The summed E-state index contributed by atoms with van der Waals surface area (Å²) >= 11 is 0. The first-order valence-corrected chi connectivity index (χ1v) is 5.18. The molecule has 2 rings (SSSR count). The summed E-state index contributed by atoms with van der Waals surface area (Å²) < 4.78 is 0. The minimum Gasteiger partial charge on any atom is -0.393 e. The van der Waals surface area contributed by atoms with E-state index in [9.17, 15) is 10.2 Å². The third kappa shape index (κ3) is 1.97. The summed E-state index contributed by atoms with van der Waals surface area (Å²) in [6.07, 6.45) is 1.49. The van der Waals surface area contributed by atoms with E-state index in [0.29, 0.717) is 6.42 Å². The van der Waals surface area contributed by atoms with Gasteiger partial charge in [0.15, 0.2) is 0 Å². The molecule has 0 aromatic heterocycles. The van der Waals surface area contributed by atoms with Crippen LogP contribution in [0.2, 0.25) is 0 Å². The van der Waals surface area contributed by atoms with Gasteiger partial charge in [-0.3, -0.25) is 0 Å². The van der Waals surface area contributed by atoms with Gasteiger partial charge in [-0.25, -0.2) is 0 Å². The van der Waals surface area contributed by atoms with Crippen molar-refractivity contribution in [2.45, 2.75) is 37.4 Å². The highest BCUT2D eigenvalue weighted by Crippen LogP contribution is 2.32. The van der Waals surface area contributed by atoms with Crippen molar-refractivity contribution >= 4 is 0 Å². The van der Waals surface area contributed by atoms with Crippen molar-refractivity contribution in [1.82, 2.24) is 0 Å². The van der Waals surface area contributed by atoms with E-state index in [1.54, 1.807) is 0 Å². The van der Waals surface area contributed by atoms with Crippen LogP contribution in [0.25, 0.3) is 0 Å². The van der Waals surface area contributed by atoms with E-state index >= 15 is 0 Å². The SMILES string of the molecule is O[C@H]1CC[C@H](c2ccccc2)[C@@H](O)C1. The molecular formula is C12H16O2. The van der Waals surface area contributed by atoms with Crippen LogP contribution in [0.5, 0.6) is 0 Å². The van der Waals surface area contributed by atoms with Crippen molar-refractivity contribution in [2.24, 2.45) is 0 Å². The average Bonchev–Trinajstić information content (AvgIpc) is 2.19. The fourth-order valence-electron chi connectivity index (χ4n) is 2.21. The molecule has 0 heterocycles. The summed E-state index contributed by atoms with van der Waals surface area (Å²) in [6.45, 7) is 0. The lowest BCUT2D eigenvalue weighted by atomic mass is 9.80. The van der Waals surface area contributed by atoms with Crippen molar-refractivity contribution < 1.29 is 10.2 Å². The van der Waals surface area contributed by atoms with Crippen LogP contribution in [0.4, 0.5) is 0 Å². The van der Waals surface area contributed by atoms with E-state index in [1.807, 2.05) is 30.3 Å². The predicted octanol–water partition coefficient (Wildman–Crippen LogP) is 1.68. The monoisotopic (exact) mass is 192 g/mol. The third-order valence-corrected chi connectivity index (χ3v) is 3.02. The normalized spacial score (nSPS) is 32.9. The maximum atomic E-state index is 9.83. The quantitative estimate of drug-likeness (QED) is 0.710. The molecular weight excluding hydrogens is 176 g/mol. The van der Waals surface area contributed by atoms with E-state index in [2.05, 4.69) is 0 Å².